The lowest BCUT2D eigenvalue weighted by atomic mass is 9.94. The van der Waals surface area contributed by atoms with Crippen molar-refractivity contribution in [3.63, 3.8) is 0 Å². The van der Waals surface area contributed by atoms with Crippen molar-refractivity contribution in [3.8, 4) is 0 Å². The Morgan fingerprint density at radius 1 is 1.00 bits per heavy atom. The predicted octanol–water partition coefficient (Wildman–Crippen LogP) is 2.64. The minimum atomic E-state index is -0.732. The average Bonchev–Trinajstić information content (AvgIpc) is 3.10. The molecule has 1 aromatic carbocycles. The van der Waals surface area contributed by atoms with Crippen LogP contribution in [0.15, 0.2) is 18.2 Å². The molecule has 2 aliphatic rings. The largest absolute Gasteiger partial charge is 0.348 e. The first-order chi connectivity index (χ1) is 12.4. The highest BCUT2D eigenvalue weighted by molar-refractivity contribution is 5.95. The molecule has 140 valence electrons. The van der Waals surface area contributed by atoms with Crippen molar-refractivity contribution in [2.24, 2.45) is 0 Å². The Balaban J connectivity index is 1.66. The molecule has 1 saturated carbocycles. The second kappa shape index (κ2) is 7.77. The predicted molar refractivity (Wildman–Crippen MR) is 94.1 cm³/mol. The second-order valence-electron chi connectivity index (χ2n) is 7.00. The van der Waals surface area contributed by atoms with Gasteiger partial charge in [-0.05, 0) is 19.3 Å². The average molecular weight is 362 g/mol. The van der Waals surface area contributed by atoms with Crippen molar-refractivity contribution >= 4 is 17.3 Å². The van der Waals surface area contributed by atoms with E-state index < -0.39 is 27.1 Å². The summed E-state index contributed by atoms with van der Waals surface area (Å²) < 4.78 is 0. The smallest absolute Gasteiger partial charge is 0.277 e. The molecular weight excluding hydrogens is 340 g/mol. The van der Waals surface area contributed by atoms with Crippen LogP contribution < -0.4 is 5.32 Å². The van der Waals surface area contributed by atoms with Crippen LogP contribution in [-0.2, 0) is 0 Å². The molecule has 9 nitrogen and oxygen atoms in total. The van der Waals surface area contributed by atoms with Gasteiger partial charge in [-0.25, -0.2) is 0 Å². The fourth-order valence-electron chi connectivity index (χ4n) is 3.89. The first kappa shape index (κ1) is 18.2. The summed E-state index contributed by atoms with van der Waals surface area (Å²) in [6.07, 6.45) is 6.98. The van der Waals surface area contributed by atoms with E-state index in [-0.39, 0.29) is 11.6 Å². The number of amides is 1. The standard InChI is InChI=1S/C17H22N4O5/c22-17(12-8-15(20(23)24)10-16(9-12)21(25)26)18-13-6-7-19(11-13)14-4-2-1-3-5-14/h8-10,13-14H,1-7,11H2,(H,18,22). The summed E-state index contributed by atoms with van der Waals surface area (Å²) in [6.45, 7) is 1.68. The van der Waals surface area contributed by atoms with E-state index in [9.17, 15) is 25.0 Å². The summed E-state index contributed by atoms with van der Waals surface area (Å²) in [4.78, 5) is 35.3. The van der Waals surface area contributed by atoms with Gasteiger partial charge in [0, 0.05) is 37.3 Å². The lowest BCUT2D eigenvalue weighted by Gasteiger charge is -2.31. The van der Waals surface area contributed by atoms with E-state index in [2.05, 4.69) is 10.2 Å². The first-order valence-corrected chi connectivity index (χ1v) is 8.93. The Hall–Kier alpha value is -2.55. The lowest BCUT2D eigenvalue weighted by molar-refractivity contribution is -0.394. The molecule has 1 N–H and O–H groups in total. The van der Waals surface area contributed by atoms with Crippen LogP contribution in [0.5, 0.6) is 0 Å². The quantitative estimate of drug-likeness (QED) is 0.635. The number of hydrogen-bond acceptors (Lipinski definition) is 6. The molecule has 1 unspecified atom stereocenters. The maximum atomic E-state index is 12.5. The van der Waals surface area contributed by atoms with Crippen LogP contribution in [0, 0.1) is 20.2 Å². The lowest BCUT2D eigenvalue weighted by Crippen LogP contribution is -2.40. The number of carbonyl (C=O) groups is 1. The van der Waals surface area contributed by atoms with Gasteiger partial charge in [0.05, 0.1) is 21.5 Å². The van der Waals surface area contributed by atoms with Gasteiger partial charge in [0.2, 0.25) is 0 Å². The molecule has 1 amide bonds. The van der Waals surface area contributed by atoms with Crippen molar-refractivity contribution < 1.29 is 14.6 Å². The van der Waals surface area contributed by atoms with E-state index in [1.54, 1.807) is 0 Å². The molecule has 1 aliphatic heterocycles. The van der Waals surface area contributed by atoms with E-state index in [0.29, 0.717) is 6.04 Å². The van der Waals surface area contributed by atoms with Gasteiger partial charge in [-0.1, -0.05) is 19.3 Å². The van der Waals surface area contributed by atoms with Gasteiger partial charge in [0.25, 0.3) is 17.3 Å². The van der Waals surface area contributed by atoms with E-state index in [1.807, 2.05) is 0 Å². The molecule has 0 bridgehead atoms. The zero-order valence-electron chi connectivity index (χ0n) is 14.4. The molecule has 1 saturated heterocycles. The molecular formula is C17H22N4O5. The Bertz CT molecular complexity index is 685. The molecule has 1 aliphatic carbocycles. The SMILES string of the molecule is O=C(NC1CCN(C2CCCCC2)C1)c1cc([N+](=O)[O-])cc([N+](=O)[O-])c1. The normalized spacial score (nSPS) is 21.5. The van der Waals surface area contributed by atoms with Crippen LogP contribution in [0.25, 0.3) is 0 Å². The van der Waals surface area contributed by atoms with Crippen molar-refractivity contribution in [2.45, 2.75) is 50.6 Å². The third kappa shape index (κ3) is 4.16. The van der Waals surface area contributed by atoms with Crippen LogP contribution in [0.1, 0.15) is 48.9 Å². The van der Waals surface area contributed by atoms with Gasteiger partial charge in [0.1, 0.15) is 0 Å². The number of benzene rings is 1. The molecule has 3 rings (SSSR count). The number of nitro benzene ring substituents is 2. The van der Waals surface area contributed by atoms with Gasteiger partial charge in [0.15, 0.2) is 0 Å². The van der Waals surface area contributed by atoms with Crippen LogP contribution in [0.4, 0.5) is 11.4 Å². The maximum Gasteiger partial charge on any atom is 0.277 e. The molecule has 0 spiro atoms. The fraction of sp³-hybridized carbons (Fsp3) is 0.588. The van der Waals surface area contributed by atoms with Gasteiger partial charge in [-0.2, -0.15) is 0 Å². The monoisotopic (exact) mass is 362 g/mol. The molecule has 1 atom stereocenters. The summed E-state index contributed by atoms with van der Waals surface area (Å²) in [7, 11) is 0. The van der Waals surface area contributed by atoms with Gasteiger partial charge < -0.3 is 5.32 Å². The number of carbonyl (C=O) groups excluding carboxylic acids is 1. The van der Waals surface area contributed by atoms with Crippen molar-refractivity contribution in [1.82, 2.24) is 10.2 Å². The summed E-state index contributed by atoms with van der Waals surface area (Å²) >= 11 is 0. The third-order valence-electron chi connectivity index (χ3n) is 5.23. The number of nitrogens with one attached hydrogen (secondary N) is 1. The van der Waals surface area contributed by atoms with Crippen molar-refractivity contribution in [1.29, 1.82) is 0 Å². The summed E-state index contributed by atoms with van der Waals surface area (Å²) in [6, 6.07) is 3.55. The van der Waals surface area contributed by atoms with Crippen LogP contribution in [-0.4, -0.2) is 45.8 Å². The number of hydrogen-bond donors (Lipinski definition) is 1. The minimum Gasteiger partial charge on any atom is -0.348 e. The molecule has 0 aromatic heterocycles. The number of non-ortho nitro benzene ring substituents is 2. The molecule has 1 aromatic rings. The van der Waals surface area contributed by atoms with E-state index in [4.69, 9.17) is 0 Å². The van der Waals surface area contributed by atoms with E-state index in [0.717, 1.165) is 37.7 Å². The van der Waals surface area contributed by atoms with Crippen LogP contribution >= 0.6 is 0 Å². The molecule has 26 heavy (non-hydrogen) atoms. The topological polar surface area (TPSA) is 119 Å². The molecule has 2 fully saturated rings. The highest BCUT2D eigenvalue weighted by atomic mass is 16.6. The second-order valence-corrected chi connectivity index (χ2v) is 7.00. The summed E-state index contributed by atoms with van der Waals surface area (Å²) in [5.74, 6) is -0.507. The van der Waals surface area contributed by atoms with E-state index >= 15 is 0 Å². The molecule has 1 heterocycles. The first-order valence-electron chi connectivity index (χ1n) is 8.93. The summed E-state index contributed by atoms with van der Waals surface area (Å²) in [5.41, 5.74) is -0.971. The van der Waals surface area contributed by atoms with Crippen LogP contribution in [0.3, 0.4) is 0 Å². The zero-order chi connectivity index (χ0) is 18.7. The Kier molecular flexibility index (Phi) is 5.46. The molecule has 9 heteroatoms. The van der Waals surface area contributed by atoms with Gasteiger partial charge in [-0.3, -0.25) is 29.9 Å². The fourth-order valence-corrected chi connectivity index (χ4v) is 3.89. The Morgan fingerprint density at radius 3 is 2.19 bits per heavy atom. The van der Waals surface area contributed by atoms with Crippen LogP contribution in [0.2, 0.25) is 0 Å². The highest BCUT2D eigenvalue weighted by Crippen LogP contribution is 2.26. The summed E-state index contributed by atoms with van der Waals surface area (Å²) in [5, 5.41) is 24.8. The third-order valence-corrected chi connectivity index (χ3v) is 5.23. The van der Waals surface area contributed by atoms with Crippen molar-refractivity contribution in [3.05, 3.63) is 44.0 Å². The number of likely N-dealkylation sites (tertiary alicyclic amines) is 1. The van der Waals surface area contributed by atoms with Gasteiger partial charge in [-0.15, -0.1) is 0 Å². The molecule has 0 radical (unpaired) electrons. The maximum absolute atomic E-state index is 12.5. The van der Waals surface area contributed by atoms with Crippen molar-refractivity contribution in [2.75, 3.05) is 13.1 Å². The number of nitro groups is 2. The Labute approximate surface area is 150 Å². The number of rotatable bonds is 5. The van der Waals surface area contributed by atoms with Gasteiger partial charge >= 0.3 is 0 Å². The number of nitrogens with zero attached hydrogens (tertiary/aromatic N) is 3. The highest BCUT2D eigenvalue weighted by Gasteiger charge is 2.30. The van der Waals surface area contributed by atoms with E-state index in [1.165, 1.54) is 32.1 Å². The zero-order valence-corrected chi connectivity index (χ0v) is 14.4. The Morgan fingerprint density at radius 2 is 1.62 bits per heavy atom. The minimum absolute atomic E-state index is 0.0391.